The molecule has 1 aromatic heterocycles. The molecule has 3 amide bonds. The van der Waals surface area contributed by atoms with Crippen LogP contribution in [0.3, 0.4) is 0 Å². The van der Waals surface area contributed by atoms with Gasteiger partial charge >= 0.3 is 0 Å². The molecule has 7 nitrogen and oxygen atoms in total. The van der Waals surface area contributed by atoms with Crippen molar-refractivity contribution in [2.45, 2.75) is 37.8 Å². The fourth-order valence-electron chi connectivity index (χ4n) is 4.54. The van der Waals surface area contributed by atoms with Crippen molar-refractivity contribution in [2.75, 3.05) is 13.1 Å². The van der Waals surface area contributed by atoms with Gasteiger partial charge in [-0.3, -0.25) is 24.6 Å². The van der Waals surface area contributed by atoms with E-state index in [9.17, 15) is 14.4 Å². The van der Waals surface area contributed by atoms with Crippen molar-refractivity contribution in [1.82, 2.24) is 15.5 Å². The van der Waals surface area contributed by atoms with Crippen molar-refractivity contribution in [1.29, 1.82) is 0 Å². The second-order valence-electron chi connectivity index (χ2n) is 8.12. The number of imide groups is 1. The first-order valence-corrected chi connectivity index (χ1v) is 10.3. The molecule has 3 aromatic rings. The van der Waals surface area contributed by atoms with Crippen molar-refractivity contribution < 1.29 is 18.8 Å². The van der Waals surface area contributed by atoms with Gasteiger partial charge in [-0.2, -0.15) is 0 Å². The van der Waals surface area contributed by atoms with E-state index in [0.717, 1.165) is 40.3 Å². The molecule has 0 radical (unpaired) electrons. The van der Waals surface area contributed by atoms with Gasteiger partial charge in [0.05, 0.1) is 18.9 Å². The van der Waals surface area contributed by atoms with Crippen LogP contribution in [-0.4, -0.2) is 47.8 Å². The molecule has 2 saturated heterocycles. The average Bonchev–Trinajstić information content (AvgIpc) is 3.27. The van der Waals surface area contributed by atoms with Crippen LogP contribution in [0, 0.1) is 0 Å². The van der Waals surface area contributed by atoms with Crippen LogP contribution in [0.2, 0.25) is 0 Å². The summed E-state index contributed by atoms with van der Waals surface area (Å²) >= 11 is 0. The summed E-state index contributed by atoms with van der Waals surface area (Å²) in [4.78, 5) is 37.9. The molecule has 0 spiro atoms. The third kappa shape index (κ3) is 3.57. The number of fused-ring (bicyclic) bond motifs is 3. The van der Waals surface area contributed by atoms with E-state index >= 15 is 0 Å². The van der Waals surface area contributed by atoms with Crippen LogP contribution in [0.5, 0.6) is 0 Å². The highest BCUT2D eigenvalue weighted by Crippen LogP contribution is 2.29. The minimum absolute atomic E-state index is 0.00520. The van der Waals surface area contributed by atoms with Crippen LogP contribution in [0.4, 0.5) is 0 Å². The number of rotatable bonds is 4. The molecule has 2 aliphatic heterocycles. The van der Waals surface area contributed by atoms with Crippen LogP contribution in [0.15, 0.2) is 46.9 Å². The predicted molar refractivity (Wildman–Crippen MR) is 112 cm³/mol. The second kappa shape index (κ2) is 7.57. The number of amides is 3. The van der Waals surface area contributed by atoms with Gasteiger partial charge < -0.3 is 9.73 Å². The molecule has 2 aromatic carbocycles. The number of nitrogens with one attached hydrogen (secondary N) is 2. The number of hydrogen-bond acceptors (Lipinski definition) is 5. The van der Waals surface area contributed by atoms with Gasteiger partial charge in [-0.25, -0.2) is 0 Å². The summed E-state index contributed by atoms with van der Waals surface area (Å²) in [6, 6.07) is 13.5. The Hall–Kier alpha value is -3.19. The fourth-order valence-corrected chi connectivity index (χ4v) is 4.54. The fraction of sp³-hybridized carbons (Fsp3) is 0.348. The molecule has 30 heavy (non-hydrogen) atoms. The summed E-state index contributed by atoms with van der Waals surface area (Å²) in [5, 5.41) is 7.56. The van der Waals surface area contributed by atoms with Crippen LogP contribution in [0.25, 0.3) is 21.9 Å². The van der Waals surface area contributed by atoms with E-state index in [-0.39, 0.29) is 36.2 Å². The molecule has 7 heteroatoms. The van der Waals surface area contributed by atoms with Crippen molar-refractivity contribution in [3.8, 4) is 0 Å². The van der Waals surface area contributed by atoms with E-state index in [1.165, 1.54) is 0 Å². The molecule has 0 aliphatic carbocycles. The lowest BCUT2D eigenvalue weighted by Gasteiger charge is -2.34. The van der Waals surface area contributed by atoms with Crippen LogP contribution in [0.1, 0.15) is 24.8 Å². The van der Waals surface area contributed by atoms with E-state index in [1.54, 1.807) is 0 Å². The molecular formula is C23H23N3O4. The molecule has 2 fully saturated rings. The van der Waals surface area contributed by atoms with Gasteiger partial charge in [0.1, 0.15) is 11.2 Å². The Balaban J connectivity index is 1.19. The number of nitrogens with zero attached hydrogens (tertiary/aromatic N) is 1. The quantitative estimate of drug-likeness (QED) is 0.649. The molecule has 0 saturated carbocycles. The van der Waals surface area contributed by atoms with Crippen molar-refractivity contribution in [3.63, 3.8) is 0 Å². The molecular weight excluding hydrogens is 382 g/mol. The molecule has 0 bridgehead atoms. The van der Waals surface area contributed by atoms with Gasteiger partial charge in [-0.1, -0.05) is 24.3 Å². The van der Waals surface area contributed by atoms with Gasteiger partial charge in [0.2, 0.25) is 17.7 Å². The Morgan fingerprint density at radius 3 is 2.60 bits per heavy atom. The van der Waals surface area contributed by atoms with Gasteiger partial charge in [-0.15, -0.1) is 0 Å². The molecule has 1 atom stereocenters. The van der Waals surface area contributed by atoms with E-state index < -0.39 is 0 Å². The molecule has 3 heterocycles. The van der Waals surface area contributed by atoms with E-state index in [2.05, 4.69) is 10.6 Å². The van der Waals surface area contributed by atoms with Crippen LogP contribution >= 0.6 is 0 Å². The Bertz CT molecular complexity index is 1140. The number of carbonyl (C=O) groups is 3. The summed E-state index contributed by atoms with van der Waals surface area (Å²) in [7, 11) is 0. The Labute approximate surface area is 173 Å². The smallest absolute Gasteiger partial charge is 0.244 e. The maximum atomic E-state index is 12.6. The monoisotopic (exact) mass is 405 g/mol. The summed E-state index contributed by atoms with van der Waals surface area (Å²) in [6.45, 7) is 1.40. The highest BCUT2D eigenvalue weighted by atomic mass is 16.3. The highest BCUT2D eigenvalue weighted by molar-refractivity contribution is 6.06. The van der Waals surface area contributed by atoms with Gasteiger partial charge in [0.25, 0.3) is 0 Å². The summed E-state index contributed by atoms with van der Waals surface area (Å²) in [5.41, 5.74) is 2.62. The third-order valence-corrected chi connectivity index (χ3v) is 6.09. The first-order chi connectivity index (χ1) is 14.6. The number of piperidine rings is 1. The van der Waals surface area contributed by atoms with E-state index in [4.69, 9.17) is 4.42 Å². The van der Waals surface area contributed by atoms with Crippen molar-refractivity contribution >= 4 is 39.7 Å². The van der Waals surface area contributed by atoms with E-state index in [0.29, 0.717) is 19.5 Å². The van der Waals surface area contributed by atoms with Crippen LogP contribution in [-0.2, 0) is 20.8 Å². The summed E-state index contributed by atoms with van der Waals surface area (Å²) in [6.07, 6.45) is 2.10. The van der Waals surface area contributed by atoms with Gasteiger partial charge in [0, 0.05) is 29.9 Å². The van der Waals surface area contributed by atoms with Crippen molar-refractivity contribution in [3.05, 3.63) is 48.0 Å². The number of furan rings is 1. The van der Waals surface area contributed by atoms with E-state index in [1.807, 2.05) is 47.4 Å². The second-order valence-corrected chi connectivity index (χ2v) is 8.12. The Morgan fingerprint density at radius 1 is 1.07 bits per heavy atom. The normalized spacial score (nSPS) is 20.7. The Kier molecular flexibility index (Phi) is 4.75. The summed E-state index contributed by atoms with van der Waals surface area (Å²) in [5.74, 6) is -0.415. The molecule has 2 N–H and O–H groups in total. The summed E-state index contributed by atoms with van der Waals surface area (Å²) < 4.78 is 5.85. The topological polar surface area (TPSA) is 91.7 Å². The number of para-hydroxylation sites is 1. The maximum absolute atomic E-state index is 12.6. The van der Waals surface area contributed by atoms with Crippen molar-refractivity contribution in [2.24, 2.45) is 0 Å². The lowest BCUT2D eigenvalue weighted by Crippen LogP contribution is -2.50. The zero-order valence-electron chi connectivity index (χ0n) is 16.5. The zero-order valence-corrected chi connectivity index (χ0v) is 16.5. The molecule has 154 valence electrons. The minimum Gasteiger partial charge on any atom is -0.456 e. The highest BCUT2D eigenvalue weighted by Gasteiger charge is 2.37. The predicted octanol–water partition coefficient (Wildman–Crippen LogP) is 2.12. The minimum atomic E-state index is -0.356. The first kappa shape index (κ1) is 18.8. The van der Waals surface area contributed by atoms with Gasteiger partial charge in [-0.05, 0) is 36.6 Å². The standard InChI is InChI=1S/C23H23N3O4/c27-21(24-15-7-9-26(10-8-15)18-13-22(28)25-23(18)29)12-14-5-6-20-17(11-14)16-3-1-2-4-19(16)30-20/h1-6,11,15,18H,7-10,12-13H2,(H,24,27)(H,25,28,29). The number of hydrogen-bond donors (Lipinski definition) is 2. The lowest BCUT2D eigenvalue weighted by molar-refractivity contribution is -0.127. The largest absolute Gasteiger partial charge is 0.456 e. The lowest BCUT2D eigenvalue weighted by atomic mass is 10.0. The first-order valence-electron chi connectivity index (χ1n) is 10.3. The maximum Gasteiger partial charge on any atom is 0.244 e. The zero-order chi connectivity index (χ0) is 20.7. The van der Waals surface area contributed by atoms with Crippen LogP contribution < -0.4 is 10.6 Å². The Morgan fingerprint density at radius 2 is 1.83 bits per heavy atom. The molecule has 1 unspecified atom stereocenters. The van der Waals surface area contributed by atoms with Gasteiger partial charge in [0.15, 0.2) is 0 Å². The molecule has 2 aliphatic rings. The number of carbonyl (C=O) groups excluding carboxylic acids is 3. The third-order valence-electron chi connectivity index (χ3n) is 6.09. The molecule has 5 rings (SSSR count). The SMILES string of the molecule is O=C1CC(N2CCC(NC(=O)Cc3ccc4oc5ccccc5c4c3)CC2)C(=O)N1. The number of benzene rings is 2. The average molecular weight is 405 g/mol. The number of likely N-dealkylation sites (tertiary alicyclic amines) is 1.